The van der Waals surface area contributed by atoms with Crippen molar-refractivity contribution in [1.82, 2.24) is 0 Å². The van der Waals surface area contributed by atoms with Crippen LogP contribution in [0.15, 0.2) is 194 Å². The molecule has 8 aromatic carbocycles. The lowest BCUT2D eigenvalue weighted by Gasteiger charge is -2.15. The lowest BCUT2D eigenvalue weighted by atomic mass is 9.88. The third-order valence-electron chi connectivity index (χ3n) is 12.6. The van der Waals surface area contributed by atoms with Crippen LogP contribution < -0.4 is 0 Å². The molecule has 0 heterocycles. The van der Waals surface area contributed by atoms with Gasteiger partial charge in [-0.25, -0.2) is 17.6 Å². The zero-order valence-electron chi connectivity index (χ0n) is 38.1. The minimum atomic E-state index is -4.65. The predicted octanol–water partition coefficient (Wildman–Crippen LogP) is 15.9. The zero-order chi connectivity index (χ0) is 52.1. The molecule has 2 aliphatic rings. The fraction of sp³-hybridized carbons (Fsp3) is 0.0323. The number of Topliss-reactive ketones (excluding diaryl/α,β-unsaturated/α-hetero) is 2. The van der Waals surface area contributed by atoms with Crippen LogP contribution in [0.4, 0.5) is 43.9 Å². The number of halogens is 10. The smallest absolute Gasteiger partial charge is 0.289 e. The Kier molecular flexibility index (Phi) is 12.6. The third kappa shape index (κ3) is 9.43. The molecule has 12 heteroatoms. The highest BCUT2D eigenvalue weighted by atomic mass is 19.4. The summed E-state index contributed by atoms with van der Waals surface area (Å²) in [6.45, 7) is 0. The molecule has 0 amide bonds. The summed E-state index contributed by atoms with van der Waals surface area (Å²) in [4.78, 5) is 29.3. The van der Waals surface area contributed by atoms with Crippen molar-refractivity contribution in [2.24, 2.45) is 0 Å². The number of alkyl halides is 6. The second kappa shape index (κ2) is 19.2. The normalized spacial score (nSPS) is 14.1. The van der Waals surface area contributed by atoms with Crippen molar-refractivity contribution >= 4 is 56.2 Å². The van der Waals surface area contributed by atoms with E-state index in [-0.39, 0.29) is 44.6 Å². The Balaban J connectivity index is 1.05. The minimum Gasteiger partial charge on any atom is -0.289 e. The van der Waals surface area contributed by atoms with Gasteiger partial charge in [-0.3, -0.25) is 9.59 Å². The summed E-state index contributed by atoms with van der Waals surface area (Å²) in [7, 11) is 0. The molecule has 0 saturated carbocycles. The standard InChI is InChI=1S/C62H32F10O2/c63-47-27-15-41(16-28-47)55-51(53(39-11-23-45(24-12-39)61(67,68)69)57(59(55)73)43-19-31-49(65)32-20-43)37-7-3-35(4-8-37)1-2-36-5-9-38(10-6-36)52-54(40-13-25-46(26-14-40)62(70,71)72)58(44-21-33-50(66)34-22-44)60(74)56(52)42-17-29-48(64)30-18-42/h3-34H. The van der Waals surface area contributed by atoms with E-state index in [0.29, 0.717) is 55.7 Å². The fourth-order valence-corrected chi connectivity index (χ4v) is 9.16. The molecule has 0 unspecified atom stereocenters. The topological polar surface area (TPSA) is 34.1 Å². The highest BCUT2D eigenvalue weighted by molar-refractivity contribution is 6.60. The van der Waals surface area contributed by atoms with Gasteiger partial charge in [-0.05, 0) is 142 Å². The Morgan fingerprint density at radius 3 is 0.622 bits per heavy atom. The van der Waals surface area contributed by atoms with Crippen molar-refractivity contribution in [3.8, 4) is 11.8 Å². The zero-order valence-corrected chi connectivity index (χ0v) is 38.1. The number of hydrogen-bond acceptors (Lipinski definition) is 2. The van der Waals surface area contributed by atoms with E-state index < -0.39 is 58.3 Å². The van der Waals surface area contributed by atoms with Gasteiger partial charge >= 0.3 is 12.4 Å². The van der Waals surface area contributed by atoms with Gasteiger partial charge in [0.15, 0.2) is 11.6 Å². The summed E-state index contributed by atoms with van der Waals surface area (Å²) in [5.41, 5.74) is 3.61. The molecule has 0 spiro atoms. The van der Waals surface area contributed by atoms with Crippen molar-refractivity contribution in [1.29, 1.82) is 0 Å². The van der Waals surface area contributed by atoms with Crippen molar-refractivity contribution < 1.29 is 53.5 Å². The molecule has 0 N–H and O–H groups in total. The van der Waals surface area contributed by atoms with Crippen LogP contribution in [0, 0.1) is 35.1 Å². The molecular weight excluding hydrogens is 967 g/mol. The molecule has 74 heavy (non-hydrogen) atoms. The summed E-state index contributed by atoms with van der Waals surface area (Å²) in [5.74, 6) is 2.88. The first-order chi connectivity index (χ1) is 35.4. The van der Waals surface area contributed by atoms with Crippen molar-refractivity contribution in [3.63, 3.8) is 0 Å². The number of carbonyl (C=O) groups is 2. The maximum absolute atomic E-state index is 14.7. The van der Waals surface area contributed by atoms with Crippen molar-refractivity contribution in [2.75, 3.05) is 0 Å². The van der Waals surface area contributed by atoms with E-state index in [1.54, 1.807) is 48.5 Å². The Morgan fingerprint density at radius 1 is 0.243 bits per heavy atom. The molecular formula is C62H32F10O2. The van der Waals surface area contributed by atoms with Gasteiger partial charge in [0.05, 0.1) is 11.1 Å². The van der Waals surface area contributed by atoms with Gasteiger partial charge < -0.3 is 0 Å². The van der Waals surface area contributed by atoms with Gasteiger partial charge in [0.2, 0.25) is 0 Å². The first-order valence-corrected chi connectivity index (χ1v) is 22.6. The SMILES string of the molecule is O=C1C(c2ccc(F)cc2)=C(c2ccc(C#Cc3ccc(C4=C(c5ccc(F)cc5)C(=O)C(c5ccc(F)cc5)=C4c4ccc(C(F)(F)F)cc4)cc3)cc2)C(c2ccc(C(F)(F)F)cc2)=C1c1ccc(F)cc1. The largest absolute Gasteiger partial charge is 0.416 e. The molecule has 2 nitrogen and oxygen atoms in total. The van der Waals surface area contributed by atoms with Crippen LogP contribution in [0.25, 0.3) is 44.6 Å². The van der Waals surface area contributed by atoms with Crippen LogP contribution in [0.1, 0.15) is 66.8 Å². The van der Waals surface area contributed by atoms with Crippen LogP contribution in [0.3, 0.4) is 0 Å². The van der Waals surface area contributed by atoms with Crippen LogP contribution in [0.2, 0.25) is 0 Å². The van der Waals surface area contributed by atoms with Crippen molar-refractivity contribution in [3.05, 3.63) is 284 Å². The molecule has 0 fully saturated rings. The Hall–Kier alpha value is -9.08. The lowest BCUT2D eigenvalue weighted by Crippen LogP contribution is -2.04. The first-order valence-electron chi connectivity index (χ1n) is 22.6. The number of hydrogen-bond donors (Lipinski definition) is 0. The van der Waals surface area contributed by atoms with Gasteiger partial charge in [-0.1, -0.05) is 109 Å². The second-order valence-corrected chi connectivity index (χ2v) is 17.2. The highest BCUT2D eigenvalue weighted by Crippen LogP contribution is 2.52. The molecule has 0 bridgehead atoms. The van der Waals surface area contributed by atoms with Crippen LogP contribution in [-0.2, 0) is 21.9 Å². The second-order valence-electron chi connectivity index (χ2n) is 17.2. The average Bonchev–Trinajstić information content (AvgIpc) is 3.87. The van der Waals surface area contributed by atoms with Gasteiger partial charge in [-0.2, -0.15) is 26.3 Å². The number of allylic oxidation sites excluding steroid dienone is 8. The minimum absolute atomic E-state index is 0.0996. The quantitative estimate of drug-likeness (QED) is 0.112. The average molecular weight is 999 g/mol. The molecule has 0 aromatic heterocycles. The first kappa shape index (κ1) is 48.5. The summed E-state index contributed by atoms with van der Waals surface area (Å²) in [6.07, 6.45) is -9.29. The van der Waals surface area contributed by atoms with Crippen LogP contribution in [0.5, 0.6) is 0 Å². The Bertz CT molecular complexity index is 3470. The number of rotatable bonds is 8. The summed E-state index contributed by atoms with van der Waals surface area (Å²) >= 11 is 0. The number of benzene rings is 8. The lowest BCUT2D eigenvalue weighted by molar-refractivity contribution is -0.138. The van der Waals surface area contributed by atoms with Gasteiger partial charge in [0, 0.05) is 55.7 Å². The Morgan fingerprint density at radius 2 is 0.419 bits per heavy atom. The summed E-state index contributed by atoms with van der Waals surface area (Å²) in [6, 6.07) is 42.8. The maximum atomic E-state index is 14.7. The van der Waals surface area contributed by atoms with Crippen molar-refractivity contribution in [2.45, 2.75) is 12.4 Å². The van der Waals surface area contributed by atoms with Crippen LogP contribution >= 0.6 is 0 Å². The third-order valence-corrected chi connectivity index (χ3v) is 12.6. The number of carbonyl (C=O) groups excluding carboxylic acids is 2. The maximum Gasteiger partial charge on any atom is 0.416 e. The molecule has 0 aliphatic heterocycles. The molecule has 0 atom stereocenters. The Labute approximate surface area is 416 Å². The van der Waals surface area contributed by atoms with E-state index >= 15 is 0 Å². The van der Waals surface area contributed by atoms with E-state index in [1.165, 1.54) is 97.1 Å². The molecule has 2 aliphatic carbocycles. The predicted molar refractivity (Wildman–Crippen MR) is 265 cm³/mol. The molecule has 10 rings (SSSR count). The number of ketones is 2. The molecule has 0 radical (unpaired) electrons. The molecule has 8 aromatic rings. The van der Waals surface area contributed by atoms with E-state index in [4.69, 9.17) is 0 Å². The van der Waals surface area contributed by atoms with E-state index in [1.807, 2.05) is 0 Å². The highest BCUT2D eigenvalue weighted by Gasteiger charge is 2.38. The molecule has 0 saturated heterocycles. The molecule has 362 valence electrons. The summed E-state index contributed by atoms with van der Waals surface area (Å²) < 4.78 is 140. The fourth-order valence-electron chi connectivity index (χ4n) is 9.16. The van der Waals surface area contributed by atoms with E-state index in [9.17, 15) is 53.5 Å². The van der Waals surface area contributed by atoms with Gasteiger partial charge in [0.1, 0.15) is 23.3 Å². The van der Waals surface area contributed by atoms with Crippen LogP contribution in [-0.4, -0.2) is 11.6 Å². The van der Waals surface area contributed by atoms with E-state index in [2.05, 4.69) is 11.8 Å². The van der Waals surface area contributed by atoms with Gasteiger partial charge in [-0.15, -0.1) is 0 Å². The van der Waals surface area contributed by atoms with Gasteiger partial charge in [0.25, 0.3) is 0 Å². The summed E-state index contributed by atoms with van der Waals surface area (Å²) in [5, 5.41) is 0. The monoisotopic (exact) mass is 998 g/mol. The van der Waals surface area contributed by atoms with E-state index in [0.717, 1.165) is 48.5 Å².